The Labute approximate surface area is 107 Å². The first-order valence-electron chi connectivity index (χ1n) is 5.37. The maximum atomic E-state index is 13.6. The van der Waals surface area contributed by atoms with E-state index in [1.54, 1.807) is 6.07 Å². The Morgan fingerprint density at radius 1 is 1.53 bits per heavy atom. The molecule has 1 aliphatic carbocycles. The van der Waals surface area contributed by atoms with E-state index in [-0.39, 0.29) is 12.2 Å². The molecule has 0 saturated heterocycles. The number of hydrogen-bond donors (Lipinski definition) is 1. The molecule has 0 aromatic heterocycles. The quantitative estimate of drug-likeness (QED) is 0.927. The molecular weight excluding hydrogens is 291 g/mol. The second-order valence-corrected chi connectivity index (χ2v) is 5.20. The van der Waals surface area contributed by atoms with Crippen molar-refractivity contribution in [3.8, 4) is 5.75 Å². The van der Waals surface area contributed by atoms with E-state index in [0.29, 0.717) is 17.3 Å². The number of benzene rings is 1. The Morgan fingerprint density at radius 2 is 2.24 bits per heavy atom. The highest BCUT2D eigenvalue weighted by Gasteiger charge is 2.42. The predicted molar refractivity (Wildman–Crippen MR) is 63.6 cm³/mol. The van der Waals surface area contributed by atoms with Crippen molar-refractivity contribution >= 4 is 21.9 Å². The zero-order valence-corrected chi connectivity index (χ0v) is 10.7. The first-order valence-corrected chi connectivity index (χ1v) is 6.16. The summed E-state index contributed by atoms with van der Waals surface area (Å²) < 4.78 is 19.8. The molecule has 0 bridgehead atoms. The lowest BCUT2D eigenvalue weighted by Gasteiger charge is -2.40. The van der Waals surface area contributed by atoms with Gasteiger partial charge in [-0.3, -0.25) is 4.79 Å². The average Bonchev–Trinajstić information content (AvgIpc) is 2.18. The SMILES string of the molecule is O=C(O)CC1(Oc2ccc(Br)cc2F)CCC1. The lowest BCUT2D eigenvalue weighted by molar-refractivity contribution is -0.144. The highest BCUT2D eigenvalue weighted by atomic mass is 79.9. The van der Waals surface area contributed by atoms with E-state index in [0.717, 1.165) is 6.42 Å². The molecule has 0 aliphatic heterocycles. The molecule has 0 unspecified atom stereocenters. The van der Waals surface area contributed by atoms with Crippen molar-refractivity contribution in [1.29, 1.82) is 0 Å². The first kappa shape index (κ1) is 12.4. The van der Waals surface area contributed by atoms with Gasteiger partial charge in [0.05, 0.1) is 6.42 Å². The highest BCUT2D eigenvalue weighted by molar-refractivity contribution is 9.10. The summed E-state index contributed by atoms with van der Waals surface area (Å²) in [6.07, 6.45) is 2.16. The predicted octanol–water partition coefficient (Wildman–Crippen LogP) is 3.36. The van der Waals surface area contributed by atoms with Crippen LogP contribution in [0.15, 0.2) is 22.7 Å². The van der Waals surface area contributed by atoms with E-state index in [9.17, 15) is 9.18 Å². The summed E-state index contributed by atoms with van der Waals surface area (Å²) in [7, 11) is 0. The van der Waals surface area contributed by atoms with Crippen LogP contribution in [0.25, 0.3) is 0 Å². The largest absolute Gasteiger partial charge is 0.484 e. The number of rotatable bonds is 4. The summed E-state index contributed by atoms with van der Waals surface area (Å²) in [5.41, 5.74) is -0.722. The van der Waals surface area contributed by atoms with Crippen molar-refractivity contribution < 1.29 is 19.0 Å². The summed E-state index contributed by atoms with van der Waals surface area (Å²) in [5, 5.41) is 8.82. The first-order chi connectivity index (χ1) is 8.01. The molecule has 0 spiro atoms. The van der Waals surface area contributed by atoms with Gasteiger partial charge < -0.3 is 9.84 Å². The second-order valence-electron chi connectivity index (χ2n) is 4.28. The molecule has 5 heteroatoms. The van der Waals surface area contributed by atoms with Gasteiger partial charge in [0.2, 0.25) is 0 Å². The molecule has 1 aromatic carbocycles. The summed E-state index contributed by atoms with van der Waals surface area (Å²) in [6.45, 7) is 0. The van der Waals surface area contributed by atoms with Crippen LogP contribution in [0.4, 0.5) is 4.39 Å². The standard InChI is InChI=1S/C12H12BrFO3/c13-8-2-3-10(9(14)6-8)17-12(4-1-5-12)7-11(15)16/h2-3,6H,1,4-5,7H2,(H,15,16). The Hall–Kier alpha value is -1.10. The molecular formula is C12H12BrFO3. The Kier molecular flexibility index (Phi) is 3.38. The number of carboxylic acid groups (broad SMARTS) is 1. The third-order valence-corrected chi connectivity index (χ3v) is 3.45. The van der Waals surface area contributed by atoms with E-state index in [1.165, 1.54) is 12.1 Å². The van der Waals surface area contributed by atoms with Crippen LogP contribution in [0.2, 0.25) is 0 Å². The normalized spacial score (nSPS) is 17.3. The Balaban J connectivity index is 2.15. The topological polar surface area (TPSA) is 46.5 Å². The van der Waals surface area contributed by atoms with Crippen LogP contribution in [0, 0.1) is 5.82 Å². The molecule has 17 heavy (non-hydrogen) atoms. The van der Waals surface area contributed by atoms with Crippen LogP contribution >= 0.6 is 15.9 Å². The lowest BCUT2D eigenvalue weighted by Crippen LogP contribution is -2.45. The number of ether oxygens (including phenoxy) is 1. The van der Waals surface area contributed by atoms with E-state index < -0.39 is 17.4 Å². The van der Waals surface area contributed by atoms with E-state index in [1.807, 2.05) is 0 Å². The summed E-state index contributed by atoms with van der Waals surface area (Å²) >= 11 is 3.16. The third-order valence-electron chi connectivity index (χ3n) is 2.96. The summed E-state index contributed by atoms with van der Waals surface area (Å²) in [4.78, 5) is 10.8. The maximum absolute atomic E-state index is 13.6. The Bertz CT molecular complexity index is 443. The fourth-order valence-electron chi connectivity index (χ4n) is 1.95. The van der Waals surface area contributed by atoms with Crippen LogP contribution in [-0.2, 0) is 4.79 Å². The van der Waals surface area contributed by atoms with Crippen LogP contribution < -0.4 is 4.74 Å². The molecule has 2 rings (SSSR count). The minimum atomic E-state index is -0.915. The van der Waals surface area contributed by atoms with Gasteiger partial charge in [-0.25, -0.2) is 4.39 Å². The molecule has 0 atom stereocenters. The van der Waals surface area contributed by atoms with E-state index in [2.05, 4.69) is 15.9 Å². The molecule has 3 nitrogen and oxygen atoms in total. The molecule has 1 saturated carbocycles. The molecule has 1 fully saturated rings. The van der Waals surface area contributed by atoms with Crippen LogP contribution in [0.3, 0.4) is 0 Å². The van der Waals surface area contributed by atoms with Gasteiger partial charge >= 0.3 is 5.97 Å². The number of aliphatic carboxylic acids is 1. The summed E-state index contributed by atoms with van der Waals surface area (Å²) in [5.74, 6) is -1.27. The van der Waals surface area contributed by atoms with Gasteiger partial charge in [-0.05, 0) is 37.5 Å². The van der Waals surface area contributed by atoms with Crippen molar-refractivity contribution in [2.75, 3.05) is 0 Å². The van der Waals surface area contributed by atoms with Crippen molar-refractivity contribution in [3.05, 3.63) is 28.5 Å². The van der Waals surface area contributed by atoms with Crippen molar-refractivity contribution in [2.24, 2.45) is 0 Å². The summed E-state index contributed by atoms with van der Waals surface area (Å²) in [6, 6.07) is 4.50. The number of carbonyl (C=O) groups is 1. The smallest absolute Gasteiger partial charge is 0.307 e. The third kappa shape index (κ3) is 2.77. The van der Waals surface area contributed by atoms with Crippen LogP contribution in [0.5, 0.6) is 5.75 Å². The Morgan fingerprint density at radius 3 is 2.71 bits per heavy atom. The highest BCUT2D eigenvalue weighted by Crippen LogP contribution is 2.40. The minimum Gasteiger partial charge on any atom is -0.484 e. The molecule has 0 heterocycles. The zero-order chi connectivity index (χ0) is 12.5. The van der Waals surface area contributed by atoms with Gasteiger partial charge in [0.15, 0.2) is 11.6 Å². The van der Waals surface area contributed by atoms with E-state index >= 15 is 0 Å². The number of halogens is 2. The molecule has 1 N–H and O–H groups in total. The lowest BCUT2D eigenvalue weighted by atomic mass is 9.77. The molecule has 92 valence electrons. The maximum Gasteiger partial charge on any atom is 0.307 e. The minimum absolute atomic E-state index is 0.0808. The van der Waals surface area contributed by atoms with Gasteiger partial charge in [-0.2, -0.15) is 0 Å². The van der Waals surface area contributed by atoms with Gasteiger partial charge in [0.25, 0.3) is 0 Å². The van der Waals surface area contributed by atoms with Crippen LogP contribution in [-0.4, -0.2) is 16.7 Å². The number of hydrogen-bond acceptors (Lipinski definition) is 2. The molecule has 0 amide bonds. The van der Waals surface area contributed by atoms with E-state index in [4.69, 9.17) is 9.84 Å². The van der Waals surface area contributed by atoms with Gasteiger partial charge in [-0.1, -0.05) is 15.9 Å². The van der Waals surface area contributed by atoms with Gasteiger partial charge in [0.1, 0.15) is 5.60 Å². The fourth-order valence-corrected chi connectivity index (χ4v) is 2.29. The average molecular weight is 303 g/mol. The van der Waals surface area contributed by atoms with Gasteiger partial charge in [-0.15, -0.1) is 0 Å². The van der Waals surface area contributed by atoms with Gasteiger partial charge in [0, 0.05) is 4.47 Å². The van der Waals surface area contributed by atoms with Crippen molar-refractivity contribution in [1.82, 2.24) is 0 Å². The monoisotopic (exact) mass is 302 g/mol. The second kappa shape index (κ2) is 4.64. The number of carboxylic acids is 1. The fraction of sp³-hybridized carbons (Fsp3) is 0.417. The molecule has 1 aromatic rings. The molecule has 1 aliphatic rings. The van der Waals surface area contributed by atoms with Crippen molar-refractivity contribution in [3.63, 3.8) is 0 Å². The zero-order valence-electron chi connectivity index (χ0n) is 9.08. The molecule has 0 radical (unpaired) electrons. The van der Waals surface area contributed by atoms with Crippen molar-refractivity contribution in [2.45, 2.75) is 31.3 Å². The van der Waals surface area contributed by atoms with Crippen LogP contribution in [0.1, 0.15) is 25.7 Å².